The average molecular weight is 328 g/mol. The van der Waals surface area contributed by atoms with E-state index in [0.29, 0.717) is 24.8 Å². The third-order valence-electron chi connectivity index (χ3n) is 4.58. The summed E-state index contributed by atoms with van der Waals surface area (Å²) in [6, 6.07) is 8.12. The van der Waals surface area contributed by atoms with Crippen LogP contribution < -0.4 is 5.32 Å². The van der Waals surface area contributed by atoms with Crippen LogP contribution in [0.3, 0.4) is 0 Å². The fourth-order valence-corrected chi connectivity index (χ4v) is 3.08. The SMILES string of the molecule is Cc1noc(C2CCN(CC(=O)NCc3ccccc3C)CC2)n1. The predicted molar refractivity (Wildman–Crippen MR) is 90.5 cm³/mol. The summed E-state index contributed by atoms with van der Waals surface area (Å²) in [5.41, 5.74) is 2.37. The van der Waals surface area contributed by atoms with Crippen LogP contribution in [0.5, 0.6) is 0 Å². The minimum absolute atomic E-state index is 0.0744. The summed E-state index contributed by atoms with van der Waals surface area (Å²) in [6.45, 7) is 6.69. The molecule has 1 aromatic carbocycles. The van der Waals surface area contributed by atoms with E-state index in [9.17, 15) is 4.79 Å². The first-order valence-corrected chi connectivity index (χ1v) is 8.45. The van der Waals surface area contributed by atoms with Crippen LogP contribution in [-0.4, -0.2) is 40.6 Å². The van der Waals surface area contributed by atoms with Crippen molar-refractivity contribution in [2.24, 2.45) is 0 Å². The number of nitrogens with zero attached hydrogens (tertiary/aromatic N) is 3. The second-order valence-corrected chi connectivity index (χ2v) is 6.43. The van der Waals surface area contributed by atoms with Crippen molar-refractivity contribution in [2.75, 3.05) is 19.6 Å². The molecule has 1 aliphatic rings. The van der Waals surface area contributed by atoms with Gasteiger partial charge in [0.2, 0.25) is 11.8 Å². The molecule has 6 nitrogen and oxygen atoms in total. The van der Waals surface area contributed by atoms with Gasteiger partial charge in [0.15, 0.2) is 5.82 Å². The van der Waals surface area contributed by atoms with Gasteiger partial charge in [-0.05, 0) is 50.9 Å². The molecule has 1 aromatic heterocycles. The van der Waals surface area contributed by atoms with Gasteiger partial charge in [0, 0.05) is 12.5 Å². The monoisotopic (exact) mass is 328 g/mol. The fourth-order valence-electron chi connectivity index (χ4n) is 3.08. The first-order chi connectivity index (χ1) is 11.6. The van der Waals surface area contributed by atoms with E-state index in [2.05, 4.69) is 33.3 Å². The first kappa shape index (κ1) is 16.6. The molecule has 6 heteroatoms. The molecule has 0 unspecified atom stereocenters. The zero-order valence-corrected chi connectivity index (χ0v) is 14.3. The second-order valence-electron chi connectivity index (χ2n) is 6.43. The maximum absolute atomic E-state index is 12.2. The van der Waals surface area contributed by atoms with Crippen molar-refractivity contribution in [3.05, 3.63) is 47.1 Å². The van der Waals surface area contributed by atoms with Crippen molar-refractivity contribution in [3.63, 3.8) is 0 Å². The van der Waals surface area contributed by atoms with Crippen molar-refractivity contribution in [2.45, 2.75) is 39.2 Å². The van der Waals surface area contributed by atoms with Crippen molar-refractivity contribution < 1.29 is 9.32 Å². The number of hydrogen-bond donors (Lipinski definition) is 1. The highest BCUT2D eigenvalue weighted by atomic mass is 16.5. The summed E-state index contributed by atoms with van der Waals surface area (Å²) in [4.78, 5) is 18.7. The lowest BCUT2D eigenvalue weighted by atomic mass is 9.97. The topological polar surface area (TPSA) is 71.3 Å². The van der Waals surface area contributed by atoms with Crippen molar-refractivity contribution in [1.29, 1.82) is 0 Å². The Morgan fingerprint density at radius 1 is 1.29 bits per heavy atom. The molecule has 2 heterocycles. The number of rotatable bonds is 5. The molecule has 0 bridgehead atoms. The van der Waals surface area contributed by atoms with Gasteiger partial charge in [-0.25, -0.2) is 0 Å². The van der Waals surface area contributed by atoms with E-state index >= 15 is 0 Å². The molecule has 24 heavy (non-hydrogen) atoms. The van der Waals surface area contributed by atoms with E-state index in [1.54, 1.807) is 0 Å². The lowest BCUT2D eigenvalue weighted by molar-refractivity contribution is -0.122. The Bertz CT molecular complexity index is 690. The van der Waals surface area contributed by atoms with Crippen LogP contribution in [0.2, 0.25) is 0 Å². The summed E-state index contributed by atoms with van der Waals surface area (Å²) in [5.74, 6) is 1.81. The van der Waals surface area contributed by atoms with Gasteiger partial charge in [-0.15, -0.1) is 0 Å². The van der Waals surface area contributed by atoms with E-state index in [0.717, 1.165) is 37.4 Å². The lowest BCUT2D eigenvalue weighted by Crippen LogP contribution is -2.41. The van der Waals surface area contributed by atoms with Crippen LogP contribution in [0.15, 0.2) is 28.8 Å². The molecular weight excluding hydrogens is 304 g/mol. The fraction of sp³-hybridized carbons (Fsp3) is 0.500. The van der Waals surface area contributed by atoms with Crippen molar-refractivity contribution in [3.8, 4) is 0 Å². The Kier molecular flexibility index (Phi) is 5.25. The Labute approximate surface area is 142 Å². The number of aryl methyl sites for hydroxylation is 2. The molecule has 2 aromatic rings. The normalized spacial score (nSPS) is 16.2. The summed E-state index contributed by atoms with van der Waals surface area (Å²) in [6.07, 6.45) is 1.90. The Morgan fingerprint density at radius 3 is 2.71 bits per heavy atom. The maximum Gasteiger partial charge on any atom is 0.234 e. The first-order valence-electron chi connectivity index (χ1n) is 8.45. The lowest BCUT2D eigenvalue weighted by Gasteiger charge is -2.29. The number of benzene rings is 1. The molecule has 3 rings (SSSR count). The molecular formula is C18H24N4O2. The highest BCUT2D eigenvalue weighted by Crippen LogP contribution is 2.26. The number of carbonyl (C=O) groups is 1. The smallest absolute Gasteiger partial charge is 0.234 e. The number of piperidine rings is 1. The summed E-state index contributed by atoms with van der Waals surface area (Å²) in [7, 11) is 0. The standard InChI is InChI=1S/C18H24N4O2/c1-13-5-3-4-6-16(13)11-19-17(23)12-22-9-7-15(8-10-22)18-20-14(2)21-24-18/h3-6,15H,7-12H2,1-2H3,(H,19,23). The van der Waals surface area contributed by atoms with E-state index < -0.39 is 0 Å². The van der Waals surface area contributed by atoms with Gasteiger partial charge < -0.3 is 9.84 Å². The number of likely N-dealkylation sites (tertiary alicyclic amines) is 1. The third kappa shape index (κ3) is 4.20. The predicted octanol–water partition coefficient (Wildman–Crippen LogP) is 2.18. The van der Waals surface area contributed by atoms with Crippen LogP contribution in [0.25, 0.3) is 0 Å². The van der Waals surface area contributed by atoms with Crippen LogP contribution >= 0.6 is 0 Å². The van der Waals surface area contributed by atoms with Gasteiger partial charge in [-0.2, -0.15) is 4.98 Å². The van der Waals surface area contributed by atoms with Crippen molar-refractivity contribution in [1.82, 2.24) is 20.4 Å². The number of nitrogens with one attached hydrogen (secondary N) is 1. The van der Waals surface area contributed by atoms with Crippen molar-refractivity contribution >= 4 is 5.91 Å². The highest BCUT2D eigenvalue weighted by molar-refractivity contribution is 5.78. The van der Waals surface area contributed by atoms with Gasteiger partial charge in [-0.1, -0.05) is 29.4 Å². The molecule has 0 atom stereocenters. The number of hydrogen-bond acceptors (Lipinski definition) is 5. The quantitative estimate of drug-likeness (QED) is 0.911. The molecule has 1 fully saturated rings. The maximum atomic E-state index is 12.2. The Balaban J connectivity index is 1.42. The van der Waals surface area contributed by atoms with Crippen LogP contribution in [-0.2, 0) is 11.3 Å². The van der Waals surface area contributed by atoms with E-state index in [-0.39, 0.29) is 5.91 Å². The van der Waals surface area contributed by atoms with Gasteiger partial charge in [0.1, 0.15) is 0 Å². The van der Waals surface area contributed by atoms with Gasteiger partial charge in [0.05, 0.1) is 6.54 Å². The molecule has 1 N–H and O–H groups in total. The Hall–Kier alpha value is -2.21. The van der Waals surface area contributed by atoms with E-state index in [4.69, 9.17) is 4.52 Å². The van der Waals surface area contributed by atoms with Crippen LogP contribution in [0.1, 0.15) is 41.6 Å². The zero-order valence-electron chi connectivity index (χ0n) is 14.3. The molecule has 1 aliphatic heterocycles. The Morgan fingerprint density at radius 2 is 2.04 bits per heavy atom. The molecule has 1 amide bonds. The van der Waals surface area contributed by atoms with Gasteiger partial charge >= 0.3 is 0 Å². The molecule has 0 radical (unpaired) electrons. The minimum Gasteiger partial charge on any atom is -0.351 e. The van der Waals surface area contributed by atoms with Gasteiger partial charge in [0.25, 0.3) is 0 Å². The summed E-state index contributed by atoms with van der Waals surface area (Å²) >= 11 is 0. The number of amides is 1. The van der Waals surface area contributed by atoms with E-state index in [1.165, 1.54) is 5.56 Å². The number of aromatic nitrogens is 2. The molecule has 0 spiro atoms. The molecule has 0 aliphatic carbocycles. The van der Waals surface area contributed by atoms with Crippen LogP contribution in [0.4, 0.5) is 0 Å². The largest absolute Gasteiger partial charge is 0.351 e. The minimum atomic E-state index is 0.0744. The van der Waals surface area contributed by atoms with E-state index in [1.807, 2.05) is 25.1 Å². The second kappa shape index (κ2) is 7.57. The average Bonchev–Trinajstić information content (AvgIpc) is 3.01. The van der Waals surface area contributed by atoms with Gasteiger partial charge in [-0.3, -0.25) is 9.69 Å². The molecule has 1 saturated heterocycles. The summed E-state index contributed by atoms with van der Waals surface area (Å²) < 4.78 is 5.26. The third-order valence-corrected chi connectivity index (χ3v) is 4.58. The summed E-state index contributed by atoms with van der Waals surface area (Å²) in [5, 5.41) is 6.87. The highest BCUT2D eigenvalue weighted by Gasteiger charge is 2.25. The zero-order chi connectivity index (χ0) is 16.9. The molecule has 128 valence electrons. The number of carbonyl (C=O) groups excluding carboxylic acids is 1. The molecule has 0 saturated carbocycles. The van der Waals surface area contributed by atoms with Crippen LogP contribution in [0, 0.1) is 13.8 Å².